The average molecular weight is 265 g/mol. The molecule has 14 heavy (non-hydrogen) atoms. The number of carbonyl (C=O) groups is 1. The van der Waals surface area contributed by atoms with Crippen molar-refractivity contribution < 1.29 is 18.7 Å². The average Bonchev–Trinajstić information content (AvgIpc) is 2.09. The third kappa shape index (κ3) is 2.09. The van der Waals surface area contributed by atoms with Gasteiger partial charge in [0.25, 0.3) is 0 Å². The van der Waals surface area contributed by atoms with Gasteiger partial charge in [-0.15, -0.1) is 0 Å². The molecule has 0 aliphatic carbocycles. The van der Waals surface area contributed by atoms with Gasteiger partial charge in [0, 0.05) is 6.07 Å². The molecule has 0 heterocycles. The van der Waals surface area contributed by atoms with Crippen molar-refractivity contribution in [1.29, 1.82) is 0 Å². The van der Waals surface area contributed by atoms with Crippen molar-refractivity contribution in [3.63, 3.8) is 0 Å². The number of hydrogen-bond acceptors (Lipinski definition) is 1. The summed E-state index contributed by atoms with van der Waals surface area (Å²) in [5, 5.41) is 8.68. The van der Waals surface area contributed by atoms with Gasteiger partial charge in [-0.25, -0.2) is 8.78 Å². The Labute approximate surface area is 87.7 Å². The van der Waals surface area contributed by atoms with Gasteiger partial charge in [0.1, 0.15) is 11.6 Å². The van der Waals surface area contributed by atoms with Crippen LogP contribution in [0.4, 0.5) is 8.78 Å². The second-order valence-electron chi connectivity index (χ2n) is 2.85. The fourth-order valence-electron chi connectivity index (χ4n) is 1.02. The van der Waals surface area contributed by atoms with E-state index in [0.717, 1.165) is 6.07 Å². The maximum absolute atomic E-state index is 13.0. The molecule has 1 N–H and O–H groups in total. The summed E-state index contributed by atoms with van der Waals surface area (Å²) in [6, 6.07) is 1.70. The van der Waals surface area contributed by atoms with Gasteiger partial charge in [-0.2, -0.15) is 0 Å². The lowest BCUT2D eigenvalue weighted by atomic mass is 10.0. The van der Waals surface area contributed by atoms with Gasteiger partial charge < -0.3 is 5.11 Å². The highest BCUT2D eigenvalue weighted by Crippen LogP contribution is 2.28. The van der Waals surface area contributed by atoms with Crippen molar-refractivity contribution in [3.05, 3.63) is 33.8 Å². The highest BCUT2D eigenvalue weighted by Gasteiger charge is 2.19. The second kappa shape index (κ2) is 4.04. The van der Waals surface area contributed by atoms with E-state index in [1.54, 1.807) is 0 Å². The normalized spacial score (nSPS) is 12.6. The van der Waals surface area contributed by atoms with Crippen LogP contribution < -0.4 is 0 Å². The smallest absolute Gasteiger partial charge is 0.310 e. The molecule has 0 aromatic heterocycles. The Morgan fingerprint density at radius 3 is 2.57 bits per heavy atom. The molecule has 2 nitrogen and oxygen atoms in total. The van der Waals surface area contributed by atoms with E-state index in [0.29, 0.717) is 6.07 Å². The van der Waals surface area contributed by atoms with Crippen LogP contribution in [0.15, 0.2) is 16.6 Å². The quantitative estimate of drug-likeness (QED) is 0.835. The molecule has 1 rings (SSSR count). The van der Waals surface area contributed by atoms with Crippen LogP contribution in [0.25, 0.3) is 0 Å². The molecule has 0 fully saturated rings. The Morgan fingerprint density at radius 2 is 2.07 bits per heavy atom. The molecule has 0 spiro atoms. The van der Waals surface area contributed by atoms with Crippen molar-refractivity contribution in [2.75, 3.05) is 0 Å². The molecule has 1 atom stereocenters. The summed E-state index contributed by atoms with van der Waals surface area (Å²) in [6.45, 7) is 1.36. The van der Waals surface area contributed by atoms with E-state index in [1.807, 2.05) is 0 Å². The van der Waals surface area contributed by atoms with Crippen molar-refractivity contribution in [1.82, 2.24) is 0 Å². The van der Waals surface area contributed by atoms with Gasteiger partial charge >= 0.3 is 5.97 Å². The number of benzene rings is 1. The molecule has 5 heteroatoms. The first-order valence-corrected chi connectivity index (χ1v) is 4.60. The molecule has 0 saturated heterocycles. The van der Waals surface area contributed by atoms with E-state index in [1.165, 1.54) is 6.92 Å². The van der Waals surface area contributed by atoms with Crippen LogP contribution in [-0.4, -0.2) is 11.1 Å². The summed E-state index contributed by atoms with van der Waals surface area (Å²) in [7, 11) is 0. The molecule has 0 radical (unpaired) electrons. The summed E-state index contributed by atoms with van der Waals surface area (Å²) in [5.41, 5.74) is 0.0926. The van der Waals surface area contributed by atoms with E-state index in [9.17, 15) is 13.6 Å². The molecule has 0 amide bonds. The molecule has 76 valence electrons. The Morgan fingerprint density at radius 1 is 1.50 bits per heavy atom. The Hall–Kier alpha value is -0.970. The monoisotopic (exact) mass is 264 g/mol. The number of rotatable bonds is 2. The first-order valence-electron chi connectivity index (χ1n) is 3.80. The third-order valence-electron chi connectivity index (χ3n) is 1.86. The molecule has 1 unspecified atom stereocenters. The highest BCUT2D eigenvalue weighted by molar-refractivity contribution is 9.10. The number of halogens is 3. The van der Waals surface area contributed by atoms with Crippen molar-refractivity contribution in [3.8, 4) is 0 Å². The van der Waals surface area contributed by atoms with Crippen LogP contribution in [0.5, 0.6) is 0 Å². The maximum atomic E-state index is 13.0. The maximum Gasteiger partial charge on any atom is 0.310 e. The predicted octanol–water partition coefficient (Wildman–Crippen LogP) is 2.92. The lowest BCUT2D eigenvalue weighted by molar-refractivity contribution is -0.138. The van der Waals surface area contributed by atoms with E-state index in [2.05, 4.69) is 15.9 Å². The second-order valence-corrected chi connectivity index (χ2v) is 3.64. The third-order valence-corrected chi connectivity index (χ3v) is 2.69. The molecular formula is C9H7BrF2O2. The molecule has 0 saturated carbocycles. The zero-order valence-corrected chi connectivity index (χ0v) is 8.81. The molecular weight excluding hydrogens is 258 g/mol. The molecule has 0 aliphatic heterocycles. The fourth-order valence-corrected chi connectivity index (χ4v) is 1.60. The number of carboxylic acid groups (broad SMARTS) is 1. The van der Waals surface area contributed by atoms with Gasteiger partial charge in [0.05, 0.1) is 10.4 Å². The number of aliphatic carboxylic acids is 1. The van der Waals surface area contributed by atoms with Gasteiger partial charge in [0.15, 0.2) is 0 Å². The minimum atomic E-state index is -1.13. The van der Waals surface area contributed by atoms with Crippen LogP contribution in [-0.2, 0) is 4.79 Å². The fraction of sp³-hybridized carbons (Fsp3) is 0.222. The largest absolute Gasteiger partial charge is 0.481 e. The Balaban J connectivity index is 3.26. The summed E-state index contributed by atoms with van der Waals surface area (Å²) in [6.07, 6.45) is 0. The predicted molar refractivity (Wildman–Crippen MR) is 50.1 cm³/mol. The van der Waals surface area contributed by atoms with Crippen LogP contribution >= 0.6 is 15.9 Å². The summed E-state index contributed by atoms with van der Waals surface area (Å²) in [4.78, 5) is 10.6. The van der Waals surface area contributed by atoms with Crippen LogP contribution in [0.1, 0.15) is 18.4 Å². The Kier molecular flexibility index (Phi) is 3.21. The lowest BCUT2D eigenvalue weighted by Crippen LogP contribution is -2.09. The summed E-state index contributed by atoms with van der Waals surface area (Å²) < 4.78 is 25.8. The van der Waals surface area contributed by atoms with Crippen molar-refractivity contribution in [2.45, 2.75) is 12.8 Å². The number of carboxylic acids is 1. The highest BCUT2D eigenvalue weighted by atomic mass is 79.9. The zero-order chi connectivity index (χ0) is 10.9. The summed E-state index contributed by atoms with van der Waals surface area (Å²) in [5.74, 6) is -3.66. The van der Waals surface area contributed by atoms with Crippen molar-refractivity contribution >= 4 is 21.9 Å². The van der Waals surface area contributed by atoms with E-state index >= 15 is 0 Å². The van der Waals surface area contributed by atoms with Gasteiger partial charge in [0.2, 0.25) is 0 Å². The van der Waals surface area contributed by atoms with E-state index in [4.69, 9.17) is 5.11 Å². The number of hydrogen-bond donors (Lipinski definition) is 1. The van der Waals surface area contributed by atoms with Crippen LogP contribution in [0, 0.1) is 11.6 Å². The first kappa shape index (κ1) is 11.1. The zero-order valence-electron chi connectivity index (χ0n) is 7.22. The standard InChI is InChI=1S/C9H7BrF2O2/c1-4(9(13)14)6-2-5(11)3-7(12)8(6)10/h2-4H,1H3,(H,13,14). The van der Waals surface area contributed by atoms with Crippen LogP contribution in [0.3, 0.4) is 0 Å². The molecule has 1 aromatic carbocycles. The minimum absolute atomic E-state index is 0.00574. The SMILES string of the molecule is CC(C(=O)O)c1cc(F)cc(F)c1Br. The van der Waals surface area contributed by atoms with E-state index in [-0.39, 0.29) is 10.0 Å². The van der Waals surface area contributed by atoms with Crippen molar-refractivity contribution in [2.24, 2.45) is 0 Å². The molecule has 0 aliphatic rings. The van der Waals surface area contributed by atoms with Gasteiger partial charge in [-0.05, 0) is 34.5 Å². The topological polar surface area (TPSA) is 37.3 Å². The summed E-state index contributed by atoms with van der Waals surface area (Å²) >= 11 is 2.88. The Bertz CT molecular complexity index is 379. The molecule has 1 aromatic rings. The first-order chi connectivity index (χ1) is 6.43. The lowest BCUT2D eigenvalue weighted by Gasteiger charge is -2.09. The minimum Gasteiger partial charge on any atom is -0.481 e. The molecule has 0 bridgehead atoms. The van der Waals surface area contributed by atoms with Crippen LogP contribution in [0.2, 0.25) is 0 Å². The van der Waals surface area contributed by atoms with Gasteiger partial charge in [-0.3, -0.25) is 4.79 Å². The van der Waals surface area contributed by atoms with E-state index < -0.39 is 23.5 Å². The van der Waals surface area contributed by atoms with Gasteiger partial charge in [-0.1, -0.05) is 0 Å².